The average Bonchev–Trinajstić information content (AvgIpc) is 2.67. The zero-order chi connectivity index (χ0) is 11.2. The molecule has 0 bridgehead atoms. The minimum atomic E-state index is -0.377. The summed E-state index contributed by atoms with van der Waals surface area (Å²) < 4.78 is 0. The molecule has 0 amide bonds. The standard InChI is InChI=1S/C8H9Cl5N2/c9-1-2-14-7-5(12)3(10)4(11)6(13)8(7)15-2/h3-8H,1H2,(H,14,15)/t3-,4+,5-,6+,7-,8-/m0/s1. The van der Waals surface area contributed by atoms with Gasteiger partial charge in [-0.05, 0) is 0 Å². The maximum absolute atomic E-state index is 6.20. The lowest BCUT2D eigenvalue weighted by atomic mass is 9.90. The number of hydrogen-bond acceptors (Lipinski definition) is 2. The van der Waals surface area contributed by atoms with Crippen molar-refractivity contribution in [2.24, 2.45) is 4.99 Å². The molecule has 0 radical (unpaired) electrons. The van der Waals surface area contributed by atoms with Crippen LogP contribution >= 0.6 is 58.0 Å². The molecule has 15 heavy (non-hydrogen) atoms. The highest BCUT2D eigenvalue weighted by Gasteiger charge is 2.50. The fourth-order valence-electron chi connectivity index (χ4n) is 1.92. The molecule has 2 aliphatic rings. The van der Waals surface area contributed by atoms with Crippen LogP contribution in [0, 0.1) is 0 Å². The molecule has 0 aromatic heterocycles. The zero-order valence-corrected chi connectivity index (χ0v) is 11.3. The van der Waals surface area contributed by atoms with Gasteiger partial charge in [-0.1, -0.05) is 0 Å². The number of amidine groups is 1. The first-order valence-corrected chi connectivity index (χ1v) is 6.79. The van der Waals surface area contributed by atoms with Crippen molar-refractivity contribution in [3.05, 3.63) is 0 Å². The first-order chi connectivity index (χ1) is 7.06. The molecule has 2 rings (SSSR count). The molecular formula is C8H9Cl5N2. The molecule has 0 spiro atoms. The zero-order valence-electron chi connectivity index (χ0n) is 7.51. The summed E-state index contributed by atoms with van der Waals surface area (Å²) in [4.78, 5) is 4.36. The Hall–Kier alpha value is 0.920. The van der Waals surface area contributed by atoms with Crippen molar-refractivity contribution in [3.8, 4) is 0 Å². The molecule has 86 valence electrons. The van der Waals surface area contributed by atoms with Gasteiger partial charge in [-0.25, -0.2) is 0 Å². The van der Waals surface area contributed by atoms with Crippen molar-refractivity contribution < 1.29 is 0 Å². The molecule has 6 atom stereocenters. The van der Waals surface area contributed by atoms with Gasteiger partial charge < -0.3 is 5.32 Å². The highest BCUT2D eigenvalue weighted by Crippen LogP contribution is 2.38. The van der Waals surface area contributed by atoms with Crippen LogP contribution in [0.2, 0.25) is 0 Å². The normalized spacial score (nSPS) is 49.5. The van der Waals surface area contributed by atoms with Gasteiger partial charge in [0.25, 0.3) is 0 Å². The van der Waals surface area contributed by atoms with Crippen molar-refractivity contribution in [3.63, 3.8) is 0 Å². The summed E-state index contributed by atoms with van der Waals surface area (Å²) in [6, 6.07) is -0.208. The van der Waals surface area contributed by atoms with E-state index in [9.17, 15) is 0 Å². The molecule has 1 fully saturated rings. The third kappa shape index (κ3) is 2.04. The molecular weight excluding hydrogens is 301 g/mol. The van der Waals surface area contributed by atoms with Crippen LogP contribution in [-0.4, -0.2) is 45.3 Å². The number of fused-ring (bicyclic) bond motifs is 1. The highest BCUT2D eigenvalue weighted by atomic mass is 35.5. The Morgan fingerprint density at radius 2 is 1.60 bits per heavy atom. The van der Waals surface area contributed by atoms with E-state index in [2.05, 4.69) is 10.3 Å². The third-order valence-electron chi connectivity index (χ3n) is 2.71. The number of nitrogens with zero attached hydrogens (tertiary/aromatic N) is 1. The van der Waals surface area contributed by atoms with Crippen molar-refractivity contribution in [2.75, 3.05) is 5.88 Å². The predicted octanol–water partition coefficient (Wildman–Crippen LogP) is 2.41. The highest BCUT2D eigenvalue weighted by molar-refractivity contribution is 6.39. The van der Waals surface area contributed by atoms with Gasteiger partial charge in [0.1, 0.15) is 5.84 Å². The lowest BCUT2D eigenvalue weighted by Crippen LogP contribution is -2.58. The van der Waals surface area contributed by atoms with E-state index in [1.165, 1.54) is 0 Å². The van der Waals surface area contributed by atoms with Crippen LogP contribution < -0.4 is 5.32 Å². The third-order valence-corrected chi connectivity index (χ3v) is 5.51. The number of aliphatic imine (C=N–C) groups is 1. The number of alkyl halides is 5. The van der Waals surface area contributed by atoms with E-state index in [0.29, 0.717) is 11.7 Å². The van der Waals surface area contributed by atoms with Gasteiger partial charge in [-0.15, -0.1) is 58.0 Å². The van der Waals surface area contributed by atoms with E-state index in [0.717, 1.165) is 0 Å². The van der Waals surface area contributed by atoms with Gasteiger partial charge >= 0.3 is 0 Å². The first-order valence-electron chi connectivity index (χ1n) is 4.51. The summed E-state index contributed by atoms with van der Waals surface area (Å²) in [5, 5.41) is 1.78. The molecule has 2 nitrogen and oxygen atoms in total. The summed E-state index contributed by atoms with van der Waals surface area (Å²) in [6.45, 7) is 0. The monoisotopic (exact) mass is 308 g/mol. The van der Waals surface area contributed by atoms with Crippen molar-refractivity contribution in [1.29, 1.82) is 0 Å². The van der Waals surface area contributed by atoms with Crippen LogP contribution in [0.3, 0.4) is 0 Å². The van der Waals surface area contributed by atoms with Crippen LogP contribution in [0.1, 0.15) is 0 Å². The summed E-state index contributed by atoms with van der Waals surface area (Å²) in [7, 11) is 0. The smallest absolute Gasteiger partial charge is 0.112 e. The van der Waals surface area contributed by atoms with Gasteiger partial charge in [0.05, 0.1) is 39.5 Å². The summed E-state index contributed by atoms with van der Waals surface area (Å²) in [5.41, 5.74) is 0. The second-order valence-corrected chi connectivity index (χ2v) is 5.93. The molecule has 0 unspecified atom stereocenters. The Bertz CT molecular complexity index is 284. The van der Waals surface area contributed by atoms with Crippen LogP contribution in [0.4, 0.5) is 0 Å². The molecule has 7 heteroatoms. The molecule has 1 N–H and O–H groups in total. The molecule has 1 saturated carbocycles. The molecule has 1 aliphatic carbocycles. The topological polar surface area (TPSA) is 24.4 Å². The van der Waals surface area contributed by atoms with E-state index in [-0.39, 0.29) is 33.6 Å². The van der Waals surface area contributed by atoms with Gasteiger partial charge in [0.15, 0.2) is 0 Å². The molecule has 1 heterocycles. The predicted molar refractivity (Wildman–Crippen MR) is 67.4 cm³/mol. The van der Waals surface area contributed by atoms with Crippen molar-refractivity contribution in [1.82, 2.24) is 5.32 Å². The van der Waals surface area contributed by atoms with E-state index in [4.69, 9.17) is 58.0 Å². The first kappa shape index (κ1) is 12.4. The largest absolute Gasteiger partial charge is 0.366 e. The molecule has 0 aromatic rings. The lowest BCUT2D eigenvalue weighted by molar-refractivity contribution is 0.405. The Balaban J connectivity index is 2.22. The molecule has 0 aromatic carbocycles. The Morgan fingerprint density at radius 1 is 1.00 bits per heavy atom. The fourth-order valence-corrected chi connectivity index (χ4v) is 3.58. The second-order valence-electron chi connectivity index (χ2n) is 3.65. The Labute approximate surface area is 113 Å². The fraction of sp³-hybridized carbons (Fsp3) is 0.875. The minimum absolute atomic E-state index is 0.0691. The summed E-state index contributed by atoms with van der Waals surface area (Å²) in [6.07, 6.45) is 0. The average molecular weight is 310 g/mol. The van der Waals surface area contributed by atoms with E-state index in [1.807, 2.05) is 0 Å². The SMILES string of the molecule is ClCC1=N[C@H]2[C@@H](Cl)[C@@H](Cl)[C@@H](Cl)[C@@H](Cl)[C@@H]2N1. The van der Waals surface area contributed by atoms with Crippen LogP contribution in [0.25, 0.3) is 0 Å². The van der Waals surface area contributed by atoms with Gasteiger partial charge in [0.2, 0.25) is 0 Å². The minimum Gasteiger partial charge on any atom is -0.366 e. The molecule has 1 aliphatic heterocycles. The number of hydrogen-bond donors (Lipinski definition) is 1. The van der Waals surface area contributed by atoms with Crippen LogP contribution in [0.15, 0.2) is 4.99 Å². The number of rotatable bonds is 1. The Morgan fingerprint density at radius 3 is 2.20 bits per heavy atom. The number of nitrogens with one attached hydrogen (secondary N) is 1. The second kappa shape index (κ2) is 4.66. The van der Waals surface area contributed by atoms with E-state index in [1.54, 1.807) is 0 Å². The van der Waals surface area contributed by atoms with Crippen LogP contribution in [0.5, 0.6) is 0 Å². The van der Waals surface area contributed by atoms with Crippen molar-refractivity contribution in [2.45, 2.75) is 33.6 Å². The maximum Gasteiger partial charge on any atom is 0.112 e. The maximum atomic E-state index is 6.20. The van der Waals surface area contributed by atoms with Gasteiger partial charge in [0, 0.05) is 0 Å². The van der Waals surface area contributed by atoms with E-state index < -0.39 is 0 Å². The lowest BCUT2D eigenvalue weighted by Gasteiger charge is -2.38. The molecule has 0 saturated heterocycles. The van der Waals surface area contributed by atoms with Gasteiger partial charge in [-0.3, -0.25) is 4.99 Å². The van der Waals surface area contributed by atoms with Crippen molar-refractivity contribution >= 4 is 63.8 Å². The van der Waals surface area contributed by atoms with Crippen LogP contribution in [-0.2, 0) is 0 Å². The quantitative estimate of drug-likeness (QED) is 0.739. The number of halogens is 5. The van der Waals surface area contributed by atoms with E-state index >= 15 is 0 Å². The summed E-state index contributed by atoms with van der Waals surface area (Å²) >= 11 is 30.3. The summed E-state index contributed by atoms with van der Waals surface area (Å²) in [5.74, 6) is 1.03. The van der Waals surface area contributed by atoms with Gasteiger partial charge in [-0.2, -0.15) is 0 Å². The Kier molecular flexibility index (Phi) is 3.84.